The minimum absolute atomic E-state index is 0.0747. The molecule has 1 atom stereocenters. The first-order valence-corrected chi connectivity index (χ1v) is 8.28. The van der Waals surface area contributed by atoms with Crippen LogP contribution in [-0.2, 0) is 4.79 Å². The van der Waals surface area contributed by atoms with Gasteiger partial charge < -0.3 is 4.90 Å². The number of pyridine rings is 1. The quantitative estimate of drug-likeness (QED) is 0.753. The summed E-state index contributed by atoms with van der Waals surface area (Å²) in [4.78, 5) is 18.9. The van der Waals surface area contributed by atoms with Crippen LogP contribution in [0.5, 0.6) is 0 Å². The van der Waals surface area contributed by atoms with E-state index in [1.165, 1.54) is 0 Å². The van der Waals surface area contributed by atoms with Crippen LogP contribution in [-0.4, -0.2) is 28.4 Å². The number of carbonyl (C=O) groups is 1. The second-order valence-electron chi connectivity index (χ2n) is 6.89. The number of likely N-dealkylation sites (N-methyl/N-ethyl adjacent to an activating group) is 1. The predicted molar refractivity (Wildman–Crippen MR) is 95.5 cm³/mol. The summed E-state index contributed by atoms with van der Waals surface area (Å²) >= 11 is 0. The number of benzene rings is 1. The first kappa shape index (κ1) is 16.3. The average Bonchev–Trinajstić information content (AvgIpc) is 2.60. The van der Waals surface area contributed by atoms with Crippen molar-refractivity contribution >= 4 is 5.91 Å². The molecule has 3 heteroatoms. The molecule has 1 saturated heterocycles. The Balaban J connectivity index is 1.76. The van der Waals surface area contributed by atoms with Crippen molar-refractivity contribution < 1.29 is 4.79 Å². The van der Waals surface area contributed by atoms with E-state index in [0.717, 1.165) is 29.7 Å². The Morgan fingerprint density at radius 3 is 2.46 bits per heavy atom. The normalized spacial score (nSPS) is 19.5. The lowest BCUT2D eigenvalue weighted by Crippen LogP contribution is -2.51. The van der Waals surface area contributed by atoms with Gasteiger partial charge >= 0.3 is 0 Å². The molecule has 2 aromatic rings. The van der Waals surface area contributed by atoms with Gasteiger partial charge in [-0.2, -0.15) is 0 Å². The lowest BCUT2D eigenvalue weighted by Gasteiger charge is -2.42. The zero-order valence-electron chi connectivity index (χ0n) is 14.4. The van der Waals surface area contributed by atoms with Gasteiger partial charge in [-0.15, -0.1) is 0 Å². The smallest absolute Gasteiger partial charge is 0.231 e. The van der Waals surface area contributed by atoms with Gasteiger partial charge in [0, 0.05) is 29.9 Å². The van der Waals surface area contributed by atoms with Gasteiger partial charge in [-0.05, 0) is 51.0 Å². The molecule has 0 N–H and O–H groups in total. The molecule has 1 aromatic carbocycles. The van der Waals surface area contributed by atoms with Crippen LogP contribution < -0.4 is 0 Å². The van der Waals surface area contributed by atoms with E-state index in [9.17, 15) is 4.79 Å². The van der Waals surface area contributed by atoms with Gasteiger partial charge in [0.25, 0.3) is 0 Å². The highest BCUT2D eigenvalue weighted by atomic mass is 16.2. The molecule has 3 nitrogen and oxygen atoms in total. The van der Waals surface area contributed by atoms with E-state index in [0.29, 0.717) is 0 Å². The van der Waals surface area contributed by atoms with Gasteiger partial charge in [0.05, 0.1) is 11.6 Å². The predicted octanol–water partition coefficient (Wildman–Crippen LogP) is 3.60. The molecule has 0 radical (unpaired) electrons. The maximum atomic E-state index is 12.6. The van der Waals surface area contributed by atoms with Crippen LogP contribution in [0.2, 0.25) is 0 Å². The largest absolute Gasteiger partial charge is 0.340 e. The van der Waals surface area contributed by atoms with Crippen LogP contribution in [0, 0.1) is 11.8 Å². The molecule has 2 heterocycles. The van der Waals surface area contributed by atoms with Crippen molar-refractivity contribution in [3.8, 4) is 11.8 Å². The van der Waals surface area contributed by atoms with Crippen LogP contribution in [0.4, 0.5) is 0 Å². The molecule has 0 aliphatic carbocycles. The van der Waals surface area contributed by atoms with Gasteiger partial charge in [0.15, 0.2) is 0 Å². The van der Waals surface area contributed by atoms with E-state index in [-0.39, 0.29) is 17.4 Å². The molecule has 1 aromatic heterocycles. The summed E-state index contributed by atoms with van der Waals surface area (Å²) in [6.07, 6.45) is 3.59. The first-order chi connectivity index (χ1) is 11.5. The second kappa shape index (κ2) is 6.49. The minimum atomic E-state index is -0.140. The van der Waals surface area contributed by atoms with E-state index in [1.54, 1.807) is 6.20 Å². The molecule has 0 spiro atoms. The van der Waals surface area contributed by atoms with Gasteiger partial charge in [0.1, 0.15) is 0 Å². The maximum absolute atomic E-state index is 12.6. The highest BCUT2D eigenvalue weighted by Crippen LogP contribution is 2.34. The molecule has 1 amide bonds. The second-order valence-corrected chi connectivity index (χ2v) is 6.89. The fourth-order valence-electron chi connectivity index (χ4n) is 2.95. The third-order valence-electron chi connectivity index (χ3n) is 4.85. The third-order valence-corrected chi connectivity index (χ3v) is 4.85. The van der Waals surface area contributed by atoms with Gasteiger partial charge in [0.2, 0.25) is 5.91 Å². The summed E-state index contributed by atoms with van der Waals surface area (Å²) in [5, 5.41) is 0. The highest BCUT2D eigenvalue weighted by molar-refractivity contribution is 5.84. The summed E-state index contributed by atoms with van der Waals surface area (Å²) in [5.74, 6) is 6.25. The van der Waals surface area contributed by atoms with E-state index < -0.39 is 0 Å². The summed E-state index contributed by atoms with van der Waals surface area (Å²) in [7, 11) is 1.88. The number of nitrogens with zero attached hydrogens (tertiary/aromatic N) is 2. The SMILES string of the molecule is CN1C(=O)C(c2ccc(C#Cc3ccccc3)cn2)CCC1(C)C. The zero-order valence-corrected chi connectivity index (χ0v) is 14.4. The monoisotopic (exact) mass is 318 g/mol. The van der Waals surface area contributed by atoms with Gasteiger partial charge in [-0.25, -0.2) is 0 Å². The van der Waals surface area contributed by atoms with E-state index in [2.05, 4.69) is 30.7 Å². The molecule has 0 bridgehead atoms. The van der Waals surface area contributed by atoms with Crippen molar-refractivity contribution in [3.05, 3.63) is 65.5 Å². The van der Waals surface area contributed by atoms with Gasteiger partial charge in [-0.1, -0.05) is 30.0 Å². The Morgan fingerprint density at radius 1 is 1.08 bits per heavy atom. The molecule has 1 aliphatic heterocycles. The fourth-order valence-corrected chi connectivity index (χ4v) is 2.95. The fraction of sp³-hybridized carbons (Fsp3) is 0.333. The van der Waals surface area contributed by atoms with E-state index >= 15 is 0 Å². The van der Waals surface area contributed by atoms with Crippen molar-refractivity contribution in [2.75, 3.05) is 7.05 Å². The Kier molecular flexibility index (Phi) is 4.40. The molecule has 0 saturated carbocycles. The van der Waals surface area contributed by atoms with Crippen LogP contribution in [0.15, 0.2) is 48.7 Å². The number of carbonyl (C=O) groups excluding carboxylic acids is 1. The lowest BCUT2D eigenvalue weighted by atomic mass is 9.83. The van der Waals surface area contributed by atoms with Crippen LogP contribution in [0.25, 0.3) is 0 Å². The van der Waals surface area contributed by atoms with Gasteiger partial charge in [-0.3, -0.25) is 9.78 Å². The van der Waals surface area contributed by atoms with Crippen molar-refractivity contribution in [2.24, 2.45) is 0 Å². The number of piperidine rings is 1. The zero-order chi connectivity index (χ0) is 17.2. The molecular formula is C21H22N2O. The number of likely N-dealkylation sites (tertiary alicyclic amines) is 1. The minimum Gasteiger partial charge on any atom is -0.340 e. The molecule has 1 fully saturated rings. The Morgan fingerprint density at radius 2 is 1.79 bits per heavy atom. The number of hydrogen-bond donors (Lipinski definition) is 0. The Hall–Kier alpha value is -2.60. The number of hydrogen-bond acceptors (Lipinski definition) is 2. The molecular weight excluding hydrogens is 296 g/mol. The number of aromatic nitrogens is 1. The lowest BCUT2D eigenvalue weighted by molar-refractivity contribution is -0.140. The molecule has 3 rings (SSSR count). The van der Waals surface area contributed by atoms with Crippen molar-refractivity contribution in [2.45, 2.75) is 38.1 Å². The molecule has 122 valence electrons. The standard InChI is InChI=1S/C21H22N2O/c1-21(2)14-13-18(20(24)23(21)3)19-12-11-17(15-22-19)10-9-16-7-5-4-6-8-16/h4-8,11-12,15,18H,13-14H2,1-3H3. The number of rotatable bonds is 1. The molecule has 24 heavy (non-hydrogen) atoms. The average molecular weight is 318 g/mol. The van der Waals surface area contributed by atoms with Crippen molar-refractivity contribution in [3.63, 3.8) is 0 Å². The summed E-state index contributed by atoms with van der Waals surface area (Å²) in [6.45, 7) is 4.22. The highest BCUT2D eigenvalue weighted by Gasteiger charge is 2.38. The summed E-state index contributed by atoms with van der Waals surface area (Å²) < 4.78 is 0. The molecule has 1 aliphatic rings. The van der Waals surface area contributed by atoms with Crippen LogP contribution in [0.1, 0.15) is 49.4 Å². The van der Waals surface area contributed by atoms with Crippen LogP contribution >= 0.6 is 0 Å². The number of amides is 1. The Bertz CT molecular complexity index is 782. The topological polar surface area (TPSA) is 33.2 Å². The van der Waals surface area contributed by atoms with Crippen molar-refractivity contribution in [1.29, 1.82) is 0 Å². The van der Waals surface area contributed by atoms with E-state index in [1.807, 2.05) is 54.4 Å². The van der Waals surface area contributed by atoms with Crippen LogP contribution in [0.3, 0.4) is 0 Å². The van der Waals surface area contributed by atoms with Crippen molar-refractivity contribution in [1.82, 2.24) is 9.88 Å². The maximum Gasteiger partial charge on any atom is 0.231 e. The first-order valence-electron chi connectivity index (χ1n) is 8.28. The third kappa shape index (κ3) is 3.33. The Labute approximate surface area is 143 Å². The summed E-state index contributed by atoms with van der Waals surface area (Å²) in [5.41, 5.74) is 2.61. The summed E-state index contributed by atoms with van der Waals surface area (Å²) in [6, 6.07) is 13.8. The molecule has 1 unspecified atom stereocenters. The van der Waals surface area contributed by atoms with E-state index in [4.69, 9.17) is 0 Å².